The third-order valence-electron chi connectivity index (χ3n) is 6.55. The molecule has 1 atom stereocenters. The number of halogens is 1. The molecule has 1 amide bonds. The van der Waals surface area contributed by atoms with E-state index in [1.165, 1.54) is 41.3 Å². The van der Waals surface area contributed by atoms with Crippen LogP contribution in [0.5, 0.6) is 0 Å². The highest BCUT2D eigenvalue weighted by molar-refractivity contribution is 7.89. The first-order chi connectivity index (χ1) is 15.9. The molecule has 0 aliphatic carbocycles. The average Bonchev–Trinajstić information content (AvgIpc) is 2.84. The third kappa shape index (κ3) is 6.19. The molecule has 0 bridgehead atoms. The van der Waals surface area contributed by atoms with E-state index in [0.717, 1.165) is 37.3 Å². The summed E-state index contributed by atoms with van der Waals surface area (Å²) in [5, 5.41) is 2.97. The lowest BCUT2D eigenvalue weighted by molar-refractivity contribution is -0.126. The monoisotopic (exact) mass is 473 g/mol. The molecule has 0 unspecified atom stereocenters. The number of carbonyl (C=O) groups is 1. The van der Waals surface area contributed by atoms with Crippen molar-refractivity contribution in [1.29, 1.82) is 0 Å². The zero-order valence-corrected chi connectivity index (χ0v) is 19.7. The van der Waals surface area contributed by atoms with Crippen molar-refractivity contribution in [1.82, 2.24) is 14.5 Å². The van der Waals surface area contributed by atoms with E-state index < -0.39 is 21.8 Å². The second kappa shape index (κ2) is 10.8. The zero-order valence-electron chi connectivity index (χ0n) is 18.9. The third-order valence-corrected chi connectivity index (χ3v) is 8.43. The molecule has 2 aromatic carbocycles. The first kappa shape index (κ1) is 23.9. The number of hydrogen-bond donors (Lipinski definition) is 1. The second-order valence-electron chi connectivity index (χ2n) is 9.03. The Morgan fingerprint density at radius 1 is 0.909 bits per heavy atom. The summed E-state index contributed by atoms with van der Waals surface area (Å²) < 4.78 is 40.3. The smallest absolute Gasteiger partial charge is 0.243 e. The number of nitrogens with one attached hydrogen (secondary N) is 1. The van der Waals surface area contributed by atoms with Crippen molar-refractivity contribution < 1.29 is 17.6 Å². The van der Waals surface area contributed by atoms with Gasteiger partial charge < -0.3 is 5.32 Å². The molecular weight excluding hydrogens is 441 g/mol. The van der Waals surface area contributed by atoms with Crippen molar-refractivity contribution in [3.63, 3.8) is 0 Å². The number of likely N-dealkylation sites (tertiary alicyclic amines) is 1. The summed E-state index contributed by atoms with van der Waals surface area (Å²) in [6.45, 7) is 4.21. The fourth-order valence-corrected chi connectivity index (χ4v) is 6.13. The standard InChI is InChI=1S/C25H32FN3O3S/c26-23-10-12-24(13-11-23)33(31,32)29-16-4-5-22(19-29)25(30)27-17-20-6-8-21(9-7-20)18-28-14-2-1-3-15-28/h6-13,22H,1-5,14-19H2,(H,27,30)/t22-/m1/s1. The summed E-state index contributed by atoms with van der Waals surface area (Å²) in [6.07, 6.45) is 5.13. The summed E-state index contributed by atoms with van der Waals surface area (Å²) in [6, 6.07) is 13.1. The topological polar surface area (TPSA) is 69.7 Å². The van der Waals surface area contributed by atoms with Gasteiger partial charge in [-0.1, -0.05) is 30.7 Å². The van der Waals surface area contributed by atoms with Crippen molar-refractivity contribution in [2.45, 2.75) is 50.1 Å². The second-order valence-corrected chi connectivity index (χ2v) is 11.0. The van der Waals surface area contributed by atoms with Gasteiger partial charge in [0, 0.05) is 26.2 Å². The number of nitrogens with zero attached hydrogens (tertiary/aromatic N) is 2. The van der Waals surface area contributed by atoms with Crippen LogP contribution in [-0.2, 0) is 27.9 Å². The molecule has 33 heavy (non-hydrogen) atoms. The van der Waals surface area contributed by atoms with E-state index in [-0.39, 0.29) is 17.3 Å². The maximum atomic E-state index is 13.2. The predicted octanol–water partition coefficient (Wildman–Crippen LogP) is 3.53. The van der Waals surface area contributed by atoms with Crippen LogP contribution < -0.4 is 5.32 Å². The highest BCUT2D eigenvalue weighted by atomic mass is 32.2. The molecule has 0 aromatic heterocycles. The summed E-state index contributed by atoms with van der Waals surface area (Å²) in [5.74, 6) is -1.01. The molecule has 6 nitrogen and oxygen atoms in total. The van der Waals surface area contributed by atoms with E-state index in [0.29, 0.717) is 25.9 Å². The quantitative estimate of drug-likeness (QED) is 0.668. The molecule has 2 aliphatic rings. The zero-order chi connectivity index (χ0) is 23.3. The van der Waals surface area contributed by atoms with Gasteiger partial charge in [-0.2, -0.15) is 4.31 Å². The van der Waals surface area contributed by atoms with Crippen LogP contribution in [0, 0.1) is 11.7 Å². The van der Waals surface area contributed by atoms with Crippen molar-refractivity contribution in [2.24, 2.45) is 5.92 Å². The first-order valence-corrected chi connectivity index (χ1v) is 13.2. The Kier molecular flexibility index (Phi) is 7.78. The van der Waals surface area contributed by atoms with Gasteiger partial charge in [-0.3, -0.25) is 9.69 Å². The molecule has 0 radical (unpaired) electrons. The van der Waals surface area contributed by atoms with Gasteiger partial charge in [0.15, 0.2) is 0 Å². The molecule has 2 aromatic rings. The maximum absolute atomic E-state index is 13.2. The van der Waals surface area contributed by atoms with Gasteiger partial charge in [-0.25, -0.2) is 12.8 Å². The fraction of sp³-hybridized carbons (Fsp3) is 0.480. The molecule has 0 spiro atoms. The van der Waals surface area contributed by atoms with Gasteiger partial charge in [0.25, 0.3) is 0 Å². The van der Waals surface area contributed by atoms with Gasteiger partial charge in [0.1, 0.15) is 5.82 Å². The molecule has 1 N–H and O–H groups in total. The first-order valence-electron chi connectivity index (χ1n) is 11.8. The normalized spacial score (nSPS) is 20.5. The van der Waals surface area contributed by atoms with Crippen LogP contribution in [0.25, 0.3) is 0 Å². The molecule has 2 heterocycles. The lowest BCUT2D eigenvalue weighted by Gasteiger charge is -2.31. The fourth-order valence-electron chi connectivity index (χ4n) is 4.60. The van der Waals surface area contributed by atoms with Crippen LogP contribution in [0.1, 0.15) is 43.2 Å². The van der Waals surface area contributed by atoms with Crippen molar-refractivity contribution >= 4 is 15.9 Å². The Morgan fingerprint density at radius 3 is 2.27 bits per heavy atom. The van der Waals surface area contributed by atoms with Gasteiger partial charge >= 0.3 is 0 Å². The van der Waals surface area contributed by atoms with E-state index in [2.05, 4.69) is 22.3 Å². The Hall–Kier alpha value is -2.29. The van der Waals surface area contributed by atoms with E-state index in [1.807, 2.05) is 12.1 Å². The molecule has 0 saturated carbocycles. The number of piperidine rings is 2. The summed E-state index contributed by atoms with van der Waals surface area (Å²) in [5.41, 5.74) is 2.30. The van der Waals surface area contributed by atoms with Gasteiger partial charge in [-0.05, 0) is 74.2 Å². The Morgan fingerprint density at radius 2 is 1.58 bits per heavy atom. The number of carbonyl (C=O) groups excluding carboxylic acids is 1. The van der Waals surface area contributed by atoms with Crippen LogP contribution in [0.4, 0.5) is 4.39 Å². The number of benzene rings is 2. The summed E-state index contributed by atoms with van der Waals surface area (Å²) >= 11 is 0. The van der Waals surface area contributed by atoms with Crippen LogP contribution in [0.15, 0.2) is 53.4 Å². The summed E-state index contributed by atoms with van der Waals surface area (Å²) in [7, 11) is -3.75. The molecule has 2 fully saturated rings. The molecule has 2 aliphatic heterocycles. The minimum Gasteiger partial charge on any atom is -0.352 e. The minimum absolute atomic E-state index is 0.0506. The minimum atomic E-state index is -3.75. The van der Waals surface area contributed by atoms with Crippen LogP contribution in [0.2, 0.25) is 0 Å². The Labute approximate surface area is 195 Å². The van der Waals surface area contributed by atoms with Crippen LogP contribution in [-0.4, -0.2) is 49.7 Å². The van der Waals surface area contributed by atoms with E-state index in [1.54, 1.807) is 0 Å². The highest BCUT2D eigenvalue weighted by Gasteiger charge is 2.33. The van der Waals surface area contributed by atoms with Gasteiger partial charge in [0.2, 0.25) is 15.9 Å². The molecule has 178 valence electrons. The highest BCUT2D eigenvalue weighted by Crippen LogP contribution is 2.24. The molecule has 2 saturated heterocycles. The van der Waals surface area contributed by atoms with Gasteiger partial charge in [0.05, 0.1) is 10.8 Å². The number of hydrogen-bond acceptors (Lipinski definition) is 4. The van der Waals surface area contributed by atoms with Gasteiger partial charge in [-0.15, -0.1) is 0 Å². The molecule has 8 heteroatoms. The van der Waals surface area contributed by atoms with E-state index in [4.69, 9.17) is 0 Å². The van der Waals surface area contributed by atoms with E-state index >= 15 is 0 Å². The maximum Gasteiger partial charge on any atom is 0.243 e. The van der Waals surface area contributed by atoms with Crippen molar-refractivity contribution in [2.75, 3.05) is 26.2 Å². The van der Waals surface area contributed by atoms with Crippen molar-refractivity contribution in [3.8, 4) is 0 Å². The molecule has 4 rings (SSSR count). The lowest BCUT2D eigenvalue weighted by atomic mass is 9.98. The number of amides is 1. The summed E-state index contributed by atoms with van der Waals surface area (Å²) in [4.78, 5) is 15.3. The Bertz CT molecular complexity index is 1040. The van der Waals surface area contributed by atoms with Crippen molar-refractivity contribution in [3.05, 3.63) is 65.5 Å². The largest absolute Gasteiger partial charge is 0.352 e. The Balaban J connectivity index is 1.29. The predicted molar refractivity (Wildman–Crippen MR) is 125 cm³/mol. The van der Waals surface area contributed by atoms with Crippen LogP contribution in [0.3, 0.4) is 0 Å². The lowest BCUT2D eigenvalue weighted by Crippen LogP contribution is -2.45. The number of rotatable bonds is 7. The molecular formula is C25H32FN3O3S. The van der Waals surface area contributed by atoms with E-state index in [9.17, 15) is 17.6 Å². The van der Waals surface area contributed by atoms with Crippen LogP contribution >= 0.6 is 0 Å². The average molecular weight is 474 g/mol. The number of sulfonamides is 1. The SMILES string of the molecule is O=C(NCc1ccc(CN2CCCCC2)cc1)[C@@H]1CCCN(S(=O)(=O)c2ccc(F)cc2)C1.